The Morgan fingerprint density at radius 2 is 2.30 bits per heavy atom. The van der Waals surface area contributed by atoms with Crippen molar-refractivity contribution in [2.45, 2.75) is 31.9 Å². The third kappa shape index (κ3) is 3.43. The van der Waals surface area contributed by atoms with Crippen LogP contribution in [0.4, 0.5) is 0 Å². The second kappa shape index (κ2) is 6.24. The number of carbonyl (C=O) groups excluding carboxylic acids is 1. The van der Waals surface area contributed by atoms with E-state index in [1.54, 1.807) is 0 Å². The molecular weight excluding hydrogens is 292 g/mol. The molecule has 3 fully saturated rings. The van der Waals surface area contributed by atoms with E-state index in [2.05, 4.69) is 21.5 Å². The minimum atomic E-state index is 0.211. The molecule has 1 saturated carbocycles. The molecule has 6 nitrogen and oxygen atoms in total. The predicted octanol–water partition coefficient (Wildman–Crippen LogP) is 0.783. The van der Waals surface area contributed by atoms with Crippen LogP contribution in [0.2, 0.25) is 0 Å². The maximum Gasteiger partial charge on any atom is 0.223 e. The minimum Gasteiger partial charge on any atom is -0.376 e. The first kappa shape index (κ1) is 15.1. The van der Waals surface area contributed by atoms with Crippen LogP contribution in [-0.4, -0.2) is 52.9 Å². The molecule has 3 heterocycles. The zero-order valence-electron chi connectivity index (χ0n) is 13.8. The number of hydrogen-bond acceptors (Lipinski definition) is 4. The van der Waals surface area contributed by atoms with Gasteiger partial charge in [0.1, 0.15) is 0 Å². The topological polar surface area (TPSA) is 59.4 Å². The van der Waals surface area contributed by atoms with Gasteiger partial charge in [-0.05, 0) is 31.7 Å². The maximum atomic E-state index is 11.8. The lowest BCUT2D eigenvalue weighted by atomic mass is 9.84. The van der Waals surface area contributed by atoms with Gasteiger partial charge in [0.15, 0.2) is 0 Å². The average Bonchev–Trinajstić information content (AvgIpc) is 3.21. The highest BCUT2D eigenvalue weighted by atomic mass is 16.5. The Bertz CT molecular complexity index is 569. The summed E-state index contributed by atoms with van der Waals surface area (Å²) < 4.78 is 7.86. The lowest BCUT2D eigenvalue weighted by Gasteiger charge is -2.35. The van der Waals surface area contributed by atoms with E-state index in [0.29, 0.717) is 18.4 Å². The van der Waals surface area contributed by atoms with Crippen LogP contribution in [-0.2, 0) is 23.1 Å². The molecule has 4 rings (SSSR count). The summed E-state index contributed by atoms with van der Waals surface area (Å²) in [5.74, 6) is 1.71. The van der Waals surface area contributed by atoms with E-state index in [4.69, 9.17) is 4.74 Å². The number of nitrogens with zero attached hydrogens (tertiary/aromatic N) is 3. The zero-order valence-corrected chi connectivity index (χ0v) is 13.8. The predicted molar refractivity (Wildman–Crippen MR) is 85.6 cm³/mol. The molecule has 23 heavy (non-hydrogen) atoms. The van der Waals surface area contributed by atoms with E-state index in [1.807, 2.05) is 17.9 Å². The van der Waals surface area contributed by atoms with Gasteiger partial charge in [-0.3, -0.25) is 14.4 Å². The quantitative estimate of drug-likeness (QED) is 0.872. The average molecular weight is 318 g/mol. The van der Waals surface area contributed by atoms with Crippen LogP contribution in [0.15, 0.2) is 12.4 Å². The second-order valence-corrected chi connectivity index (χ2v) is 7.36. The number of piperidine rings is 1. The molecule has 1 aliphatic carbocycles. The Hall–Kier alpha value is -1.40. The summed E-state index contributed by atoms with van der Waals surface area (Å²) in [6.45, 7) is 4.69. The third-order valence-electron chi connectivity index (χ3n) is 5.47. The van der Waals surface area contributed by atoms with E-state index >= 15 is 0 Å². The molecule has 1 aromatic rings. The van der Waals surface area contributed by atoms with Crippen LogP contribution in [0.3, 0.4) is 0 Å². The highest BCUT2D eigenvalue weighted by Crippen LogP contribution is 2.35. The van der Waals surface area contributed by atoms with Crippen LogP contribution in [0, 0.1) is 17.8 Å². The number of fused-ring (bicyclic) bond motifs is 1. The van der Waals surface area contributed by atoms with E-state index in [0.717, 1.165) is 45.5 Å². The van der Waals surface area contributed by atoms with Crippen molar-refractivity contribution in [1.29, 1.82) is 0 Å². The molecule has 126 valence electrons. The van der Waals surface area contributed by atoms with Crippen LogP contribution in [0.25, 0.3) is 0 Å². The number of amides is 1. The van der Waals surface area contributed by atoms with Crippen LogP contribution in [0.5, 0.6) is 0 Å². The first-order chi connectivity index (χ1) is 11.2. The van der Waals surface area contributed by atoms with Crippen molar-refractivity contribution in [3.8, 4) is 0 Å². The van der Waals surface area contributed by atoms with Gasteiger partial charge in [0.05, 0.1) is 18.9 Å². The van der Waals surface area contributed by atoms with Gasteiger partial charge in [-0.2, -0.15) is 5.10 Å². The fourth-order valence-electron chi connectivity index (χ4n) is 4.02. The number of nitrogens with one attached hydrogen (secondary N) is 1. The number of likely N-dealkylation sites (tertiary alicyclic amines) is 1. The number of rotatable bonds is 5. The number of carbonyl (C=O) groups is 1. The lowest BCUT2D eigenvalue weighted by molar-refractivity contribution is -0.122. The fraction of sp³-hybridized carbons (Fsp3) is 0.765. The number of ether oxygens (including phenoxy) is 1. The molecule has 0 spiro atoms. The Kier molecular flexibility index (Phi) is 4.11. The van der Waals surface area contributed by atoms with Crippen molar-refractivity contribution in [1.82, 2.24) is 20.0 Å². The molecule has 3 aliphatic rings. The molecule has 3 atom stereocenters. The van der Waals surface area contributed by atoms with Gasteiger partial charge in [-0.15, -0.1) is 0 Å². The SMILES string of the molecule is Cn1cc(CN2CC[C@H]3[C@H](CO[C@H]3CNC(=O)C3CC3)C2)cn1. The third-order valence-corrected chi connectivity index (χ3v) is 5.47. The van der Waals surface area contributed by atoms with Crippen molar-refractivity contribution in [3.05, 3.63) is 18.0 Å². The molecule has 2 saturated heterocycles. The zero-order chi connectivity index (χ0) is 15.8. The van der Waals surface area contributed by atoms with Crippen molar-refractivity contribution in [2.24, 2.45) is 24.8 Å². The van der Waals surface area contributed by atoms with Crippen molar-refractivity contribution in [3.63, 3.8) is 0 Å². The summed E-state index contributed by atoms with van der Waals surface area (Å²) in [5.41, 5.74) is 1.28. The molecule has 0 radical (unpaired) electrons. The Morgan fingerprint density at radius 1 is 1.43 bits per heavy atom. The Balaban J connectivity index is 1.27. The largest absolute Gasteiger partial charge is 0.376 e. The molecule has 2 aliphatic heterocycles. The molecule has 0 aromatic carbocycles. The van der Waals surface area contributed by atoms with Gasteiger partial charge >= 0.3 is 0 Å². The van der Waals surface area contributed by atoms with Gasteiger partial charge in [-0.25, -0.2) is 0 Å². The summed E-state index contributed by atoms with van der Waals surface area (Å²) in [7, 11) is 1.96. The van der Waals surface area contributed by atoms with Crippen LogP contribution >= 0.6 is 0 Å². The van der Waals surface area contributed by atoms with Crippen LogP contribution < -0.4 is 5.32 Å². The first-order valence-electron chi connectivity index (χ1n) is 8.78. The summed E-state index contributed by atoms with van der Waals surface area (Å²) in [4.78, 5) is 14.3. The molecule has 1 N–H and O–H groups in total. The van der Waals surface area contributed by atoms with Crippen molar-refractivity contribution < 1.29 is 9.53 Å². The standard InChI is InChI=1S/C17H26N4O2/c1-20-8-12(6-19-20)9-21-5-4-15-14(10-21)11-23-16(15)7-18-17(22)13-2-3-13/h6,8,13-16H,2-5,7,9-11H2,1H3,(H,18,22)/t14-,15-,16-/m0/s1. The highest BCUT2D eigenvalue weighted by molar-refractivity contribution is 5.80. The van der Waals surface area contributed by atoms with Gasteiger partial charge in [0.25, 0.3) is 0 Å². The number of hydrogen-bond donors (Lipinski definition) is 1. The number of aryl methyl sites for hydroxylation is 1. The molecule has 0 bridgehead atoms. The maximum absolute atomic E-state index is 11.8. The Labute approximate surface area is 137 Å². The van der Waals surface area contributed by atoms with Crippen molar-refractivity contribution in [2.75, 3.05) is 26.2 Å². The Morgan fingerprint density at radius 3 is 3.04 bits per heavy atom. The molecule has 0 unspecified atom stereocenters. The molecule has 1 aromatic heterocycles. The summed E-state index contributed by atoms with van der Waals surface area (Å²) in [6.07, 6.45) is 7.54. The van der Waals surface area contributed by atoms with Gasteiger partial charge in [0, 0.05) is 50.3 Å². The fourth-order valence-corrected chi connectivity index (χ4v) is 4.02. The summed E-state index contributed by atoms with van der Waals surface area (Å²) in [6, 6.07) is 0. The number of aromatic nitrogens is 2. The monoisotopic (exact) mass is 318 g/mol. The van der Waals surface area contributed by atoms with Crippen molar-refractivity contribution >= 4 is 5.91 Å². The smallest absolute Gasteiger partial charge is 0.223 e. The first-order valence-corrected chi connectivity index (χ1v) is 8.78. The normalized spacial score (nSPS) is 31.1. The second-order valence-electron chi connectivity index (χ2n) is 7.36. The highest BCUT2D eigenvalue weighted by Gasteiger charge is 2.41. The summed E-state index contributed by atoms with van der Waals surface area (Å²) >= 11 is 0. The van der Waals surface area contributed by atoms with Gasteiger partial charge < -0.3 is 10.1 Å². The van der Waals surface area contributed by atoms with E-state index < -0.39 is 0 Å². The lowest BCUT2D eigenvalue weighted by Crippen LogP contribution is -2.43. The van der Waals surface area contributed by atoms with Gasteiger partial charge in [-0.1, -0.05) is 0 Å². The minimum absolute atomic E-state index is 0.211. The van der Waals surface area contributed by atoms with E-state index in [1.165, 1.54) is 5.56 Å². The summed E-state index contributed by atoms with van der Waals surface area (Å²) in [5, 5.41) is 7.33. The molecule has 1 amide bonds. The van der Waals surface area contributed by atoms with E-state index in [9.17, 15) is 4.79 Å². The van der Waals surface area contributed by atoms with Gasteiger partial charge in [0.2, 0.25) is 5.91 Å². The molecule has 6 heteroatoms. The van der Waals surface area contributed by atoms with Crippen LogP contribution in [0.1, 0.15) is 24.8 Å². The molecular formula is C17H26N4O2. The van der Waals surface area contributed by atoms with E-state index in [-0.39, 0.29) is 17.9 Å².